The van der Waals surface area contributed by atoms with Crippen LogP contribution in [0, 0.1) is 6.92 Å². The Morgan fingerprint density at radius 1 is 1.00 bits per heavy atom. The minimum Gasteiger partial charge on any atom is -0.366 e. The third-order valence-corrected chi connectivity index (χ3v) is 5.28. The van der Waals surface area contributed by atoms with Crippen LogP contribution >= 0.6 is 0 Å². The second-order valence-electron chi connectivity index (χ2n) is 7.15. The molecule has 2 aromatic carbocycles. The van der Waals surface area contributed by atoms with Crippen LogP contribution in [0.5, 0.6) is 0 Å². The number of nitrogens with two attached hydrogens (primary N) is 1. The van der Waals surface area contributed by atoms with Crippen LogP contribution in [0.1, 0.15) is 41.0 Å². The van der Waals surface area contributed by atoms with Crippen molar-refractivity contribution in [2.45, 2.75) is 39.2 Å². The van der Waals surface area contributed by atoms with Gasteiger partial charge in [0.2, 0.25) is 5.91 Å². The predicted octanol–water partition coefficient (Wildman–Crippen LogP) is 4.40. The molecular formula is C23H24N4O. The molecule has 0 saturated heterocycles. The zero-order valence-corrected chi connectivity index (χ0v) is 16.1. The highest BCUT2D eigenvalue weighted by Gasteiger charge is 2.11. The number of primary amides is 1. The fraction of sp³-hybridized carbons (Fsp3) is 0.261. The molecule has 5 heteroatoms. The fourth-order valence-electron chi connectivity index (χ4n) is 3.89. The van der Waals surface area contributed by atoms with Crippen molar-refractivity contribution in [1.29, 1.82) is 0 Å². The molecule has 28 heavy (non-hydrogen) atoms. The highest BCUT2D eigenvalue weighted by Crippen LogP contribution is 2.25. The van der Waals surface area contributed by atoms with Gasteiger partial charge in [-0.3, -0.25) is 9.78 Å². The van der Waals surface area contributed by atoms with Gasteiger partial charge in [-0.25, -0.2) is 4.98 Å². The predicted molar refractivity (Wildman–Crippen MR) is 112 cm³/mol. The van der Waals surface area contributed by atoms with Crippen LogP contribution in [0.15, 0.2) is 54.7 Å². The summed E-state index contributed by atoms with van der Waals surface area (Å²) in [6.45, 7) is 2.98. The molecule has 4 aromatic rings. The van der Waals surface area contributed by atoms with Gasteiger partial charge in [-0.2, -0.15) is 0 Å². The number of benzene rings is 2. The van der Waals surface area contributed by atoms with Crippen LogP contribution < -0.4 is 5.73 Å². The molecule has 4 rings (SSSR count). The summed E-state index contributed by atoms with van der Waals surface area (Å²) in [5.74, 6) is 0.670. The van der Waals surface area contributed by atoms with E-state index in [-0.39, 0.29) is 5.91 Å². The van der Waals surface area contributed by atoms with Crippen LogP contribution in [-0.4, -0.2) is 20.4 Å². The maximum atomic E-state index is 11.5. The van der Waals surface area contributed by atoms with E-state index in [1.54, 1.807) is 6.07 Å². The lowest BCUT2D eigenvalue weighted by atomic mass is 10.0. The molecule has 2 heterocycles. The number of para-hydroxylation sites is 1. The summed E-state index contributed by atoms with van der Waals surface area (Å²) in [6, 6.07) is 15.8. The van der Waals surface area contributed by atoms with Crippen molar-refractivity contribution < 1.29 is 4.79 Å². The second-order valence-corrected chi connectivity index (χ2v) is 7.15. The van der Waals surface area contributed by atoms with Gasteiger partial charge in [0.1, 0.15) is 11.3 Å². The van der Waals surface area contributed by atoms with E-state index in [0.717, 1.165) is 60.0 Å². The van der Waals surface area contributed by atoms with Crippen molar-refractivity contribution in [3.63, 3.8) is 0 Å². The van der Waals surface area contributed by atoms with Gasteiger partial charge in [0.25, 0.3) is 0 Å². The Balaban J connectivity index is 1.45. The van der Waals surface area contributed by atoms with Gasteiger partial charge in [-0.1, -0.05) is 42.8 Å². The summed E-state index contributed by atoms with van der Waals surface area (Å²) in [5, 5.41) is 1.15. The Kier molecular flexibility index (Phi) is 5.06. The number of carbonyl (C=O) groups excluding carboxylic acids is 1. The maximum absolute atomic E-state index is 11.5. The average molecular weight is 372 g/mol. The first-order chi connectivity index (χ1) is 13.6. The van der Waals surface area contributed by atoms with E-state index < -0.39 is 0 Å². The van der Waals surface area contributed by atoms with E-state index in [0.29, 0.717) is 5.56 Å². The second kappa shape index (κ2) is 7.80. The van der Waals surface area contributed by atoms with Gasteiger partial charge in [0.05, 0.1) is 17.2 Å². The molecule has 0 aliphatic carbocycles. The highest BCUT2D eigenvalue weighted by molar-refractivity contribution is 6.02. The molecular weight excluding hydrogens is 348 g/mol. The summed E-state index contributed by atoms with van der Waals surface area (Å²) in [7, 11) is 0. The molecule has 0 fully saturated rings. The molecule has 5 nitrogen and oxygen atoms in total. The van der Waals surface area contributed by atoms with Crippen molar-refractivity contribution in [1.82, 2.24) is 14.5 Å². The van der Waals surface area contributed by atoms with E-state index in [4.69, 9.17) is 5.73 Å². The van der Waals surface area contributed by atoms with Crippen molar-refractivity contribution in [2.24, 2.45) is 5.73 Å². The topological polar surface area (TPSA) is 73.8 Å². The maximum Gasteiger partial charge on any atom is 0.248 e. The van der Waals surface area contributed by atoms with Crippen LogP contribution in [0.3, 0.4) is 0 Å². The number of pyridine rings is 1. The molecule has 1 amide bonds. The third-order valence-electron chi connectivity index (χ3n) is 5.28. The van der Waals surface area contributed by atoms with Crippen LogP contribution in [0.25, 0.3) is 21.9 Å². The van der Waals surface area contributed by atoms with Crippen LogP contribution in [0.4, 0.5) is 0 Å². The number of amides is 1. The standard InChI is InChI=1S/C23H24N4O/c1-16-26-21-15-25-20-13-7-6-12-19(20)22(21)27(16)14-8-2-3-9-17-10-4-5-11-18(17)23(24)28/h4-7,10-13,15H,2-3,8-9,14H2,1H3,(H2,24,28). The van der Waals surface area contributed by atoms with Gasteiger partial charge in [0, 0.05) is 17.5 Å². The normalized spacial score (nSPS) is 11.3. The molecule has 0 bridgehead atoms. The van der Waals surface area contributed by atoms with E-state index >= 15 is 0 Å². The van der Waals surface area contributed by atoms with Crippen molar-refractivity contribution in [3.05, 3.63) is 71.7 Å². The first-order valence-electron chi connectivity index (χ1n) is 9.73. The molecule has 142 valence electrons. The molecule has 0 unspecified atom stereocenters. The summed E-state index contributed by atoms with van der Waals surface area (Å²) < 4.78 is 2.30. The fourth-order valence-corrected chi connectivity index (χ4v) is 3.89. The van der Waals surface area contributed by atoms with Crippen LogP contribution in [0.2, 0.25) is 0 Å². The lowest BCUT2D eigenvalue weighted by Crippen LogP contribution is -2.13. The van der Waals surface area contributed by atoms with Gasteiger partial charge in [-0.05, 0) is 43.9 Å². The summed E-state index contributed by atoms with van der Waals surface area (Å²) in [4.78, 5) is 20.7. The Morgan fingerprint density at radius 3 is 2.64 bits per heavy atom. The van der Waals surface area contributed by atoms with Crippen molar-refractivity contribution in [3.8, 4) is 0 Å². The lowest BCUT2D eigenvalue weighted by Gasteiger charge is -2.09. The summed E-state index contributed by atoms with van der Waals surface area (Å²) in [5.41, 5.74) is 10.3. The Labute approximate surface area is 164 Å². The third kappa shape index (κ3) is 3.48. The first kappa shape index (κ1) is 18.2. The Hall–Kier alpha value is -3.21. The first-order valence-corrected chi connectivity index (χ1v) is 9.73. The zero-order chi connectivity index (χ0) is 19.5. The number of fused-ring (bicyclic) bond motifs is 3. The Morgan fingerprint density at radius 2 is 1.79 bits per heavy atom. The number of unbranched alkanes of at least 4 members (excludes halogenated alkanes) is 2. The molecule has 2 aromatic heterocycles. The largest absolute Gasteiger partial charge is 0.366 e. The number of aryl methyl sites for hydroxylation is 3. The van der Waals surface area contributed by atoms with Gasteiger partial charge in [0.15, 0.2) is 0 Å². The quantitative estimate of drug-likeness (QED) is 0.489. The van der Waals surface area contributed by atoms with Crippen molar-refractivity contribution >= 4 is 27.8 Å². The van der Waals surface area contributed by atoms with Crippen molar-refractivity contribution in [2.75, 3.05) is 0 Å². The number of hydrogen-bond acceptors (Lipinski definition) is 3. The number of imidazole rings is 1. The molecule has 0 spiro atoms. The zero-order valence-electron chi connectivity index (χ0n) is 16.1. The summed E-state index contributed by atoms with van der Waals surface area (Å²) >= 11 is 0. The minimum absolute atomic E-state index is 0.350. The van der Waals surface area contributed by atoms with E-state index in [1.807, 2.05) is 42.6 Å². The van der Waals surface area contributed by atoms with E-state index in [2.05, 4.69) is 27.5 Å². The highest BCUT2D eigenvalue weighted by atomic mass is 16.1. The SMILES string of the molecule is Cc1nc2cnc3ccccc3c2n1CCCCCc1ccccc1C(N)=O. The van der Waals surface area contributed by atoms with Gasteiger partial charge < -0.3 is 10.3 Å². The van der Waals surface area contributed by atoms with Crippen LogP contribution in [-0.2, 0) is 13.0 Å². The molecule has 0 atom stereocenters. The monoisotopic (exact) mass is 372 g/mol. The molecule has 2 N–H and O–H groups in total. The summed E-state index contributed by atoms with van der Waals surface area (Å²) in [6.07, 6.45) is 5.90. The van der Waals surface area contributed by atoms with Gasteiger partial charge >= 0.3 is 0 Å². The lowest BCUT2D eigenvalue weighted by molar-refractivity contribution is 0.0999. The van der Waals surface area contributed by atoms with Gasteiger partial charge in [-0.15, -0.1) is 0 Å². The van der Waals surface area contributed by atoms with E-state index in [9.17, 15) is 4.79 Å². The van der Waals surface area contributed by atoms with E-state index in [1.165, 1.54) is 5.52 Å². The number of rotatable bonds is 7. The molecule has 0 aliphatic rings. The number of hydrogen-bond donors (Lipinski definition) is 1. The number of nitrogens with zero attached hydrogens (tertiary/aromatic N) is 3. The molecule has 0 aliphatic heterocycles. The molecule has 0 saturated carbocycles. The Bertz CT molecular complexity index is 1150. The number of carbonyl (C=O) groups is 1. The minimum atomic E-state index is -0.350. The molecule has 0 radical (unpaired) electrons. The number of aromatic nitrogens is 3. The average Bonchev–Trinajstić information content (AvgIpc) is 3.03. The smallest absolute Gasteiger partial charge is 0.248 e.